The third-order valence-electron chi connectivity index (χ3n) is 12.2. The minimum Gasteiger partial charge on any atom is -0.507 e. The van der Waals surface area contributed by atoms with Crippen molar-refractivity contribution in [2.45, 2.75) is 68.8 Å². The second kappa shape index (κ2) is 18.9. The van der Waals surface area contributed by atoms with E-state index >= 15 is 0 Å². The van der Waals surface area contributed by atoms with Gasteiger partial charge in [-0.25, -0.2) is 0 Å². The average Bonchev–Trinajstić information content (AvgIpc) is 3.61. The third-order valence-corrected chi connectivity index (χ3v) is 12.2. The van der Waals surface area contributed by atoms with Crippen molar-refractivity contribution in [3.63, 3.8) is 0 Å². The van der Waals surface area contributed by atoms with Crippen LogP contribution in [0.5, 0.6) is 17.2 Å². The maximum atomic E-state index is 14.8. The highest BCUT2D eigenvalue weighted by Gasteiger charge is 2.57. The number of nitrogens with two attached hydrogens (primary N) is 3. The Balaban J connectivity index is 1.24. The predicted octanol–water partition coefficient (Wildman–Crippen LogP) is -2.23. The summed E-state index contributed by atoms with van der Waals surface area (Å²) in [6.45, 7) is -1.87. The number of amides is 2. The first-order chi connectivity index (χ1) is 31.0. The van der Waals surface area contributed by atoms with Crippen LogP contribution in [0.1, 0.15) is 61.4 Å². The van der Waals surface area contributed by atoms with Gasteiger partial charge in [0.2, 0.25) is 12.1 Å². The number of aliphatic imine (C=N–C) groups is 1. The topological polar surface area (TPSA) is 347 Å². The molecular weight excluding hydrogens is 849 g/mol. The molecule has 346 valence electrons. The zero-order chi connectivity index (χ0) is 46.9. The Hall–Kier alpha value is -6.59. The number of aliphatic hydroxyl groups is 5. The molecule has 0 bridgehead atoms. The summed E-state index contributed by atoms with van der Waals surface area (Å²) in [5, 5.41) is 77.6. The zero-order valence-corrected chi connectivity index (χ0v) is 35.5. The number of rotatable bonds is 15. The molecule has 0 spiro atoms. The fraction of sp³-hybridized carbons (Fsp3) is 0.386. The average molecular weight is 901 g/mol. The number of guanidine groups is 1. The van der Waals surface area contributed by atoms with Gasteiger partial charge in [-0.3, -0.25) is 29.1 Å². The number of dihydropyridines is 2. The Morgan fingerprint density at radius 2 is 1.78 bits per heavy atom. The number of fused-ring (bicyclic) bond motifs is 2. The van der Waals surface area contributed by atoms with E-state index in [2.05, 4.69) is 20.9 Å². The van der Waals surface area contributed by atoms with Gasteiger partial charge < -0.3 is 78.0 Å². The van der Waals surface area contributed by atoms with Crippen molar-refractivity contribution in [2.75, 3.05) is 33.9 Å². The van der Waals surface area contributed by atoms with Gasteiger partial charge in [0.25, 0.3) is 11.8 Å². The van der Waals surface area contributed by atoms with Crippen LogP contribution in [0.2, 0.25) is 0 Å². The quantitative estimate of drug-likeness (QED) is 0.0436. The number of nitrogens with zero attached hydrogens (tertiary/aromatic N) is 2. The number of imide groups is 1. The van der Waals surface area contributed by atoms with Crippen LogP contribution in [0, 0.1) is 5.92 Å². The Morgan fingerprint density at radius 1 is 1.05 bits per heavy atom. The largest absolute Gasteiger partial charge is 0.507 e. The number of ether oxygens (including phenoxy) is 3. The summed E-state index contributed by atoms with van der Waals surface area (Å²) >= 11 is 0. The predicted molar refractivity (Wildman–Crippen MR) is 231 cm³/mol. The van der Waals surface area contributed by atoms with Crippen LogP contribution in [0.3, 0.4) is 0 Å². The molecule has 7 atom stereocenters. The Bertz CT molecular complexity index is 2460. The van der Waals surface area contributed by atoms with Crippen molar-refractivity contribution in [3.8, 4) is 17.2 Å². The van der Waals surface area contributed by atoms with E-state index in [1.165, 1.54) is 26.3 Å². The van der Waals surface area contributed by atoms with Gasteiger partial charge in [-0.2, -0.15) is 0 Å². The van der Waals surface area contributed by atoms with Crippen molar-refractivity contribution in [2.24, 2.45) is 28.1 Å². The number of aryl methyl sites for hydroxylation is 1. The Labute approximate surface area is 372 Å². The van der Waals surface area contributed by atoms with Crippen molar-refractivity contribution >= 4 is 29.3 Å². The van der Waals surface area contributed by atoms with Gasteiger partial charge in [0.05, 0.1) is 43.4 Å². The fourth-order valence-corrected chi connectivity index (χ4v) is 8.71. The Morgan fingerprint density at radius 3 is 2.42 bits per heavy atom. The molecule has 1 unspecified atom stereocenters. The SMILES string of the molecule is CN=C(N)NCc1c(CCC2=CNC(N)C=C2)cc2c(c1O)C(=O)c1c(O[C@@H]3O[C@H](CO)[C@](O)(C[C@H](CN4C(=O)C=CC4=O)C4=CCNC(N)=C4)[C@H](O)[C@H]3O)cc(OC)c(CO)c1C2=O. The lowest BCUT2D eigenvalue weighted by molar-refractivity contribution is -0.316. The van der Waals surface area contributed by atoms with Crippen LogP contribution >= 0.6 is 0 Å². The van der Waals surface area contributed by atoms with E-state index in [0.29, 0.717) is 17.6 Å². The molecule has 2 aromatic rings. The van der Waals surface area contributed by atoms with Gasteiger partial charge >= 0.3 is 0 Å². The first kappa shape index (κ1) is 46.4. The maximum Gasteiger partial charge on any atom is 0.253 e. The minimum atomic E-state index is -2.47. The lowest BCUT2D eigenvalue weighted by Crippen LogP contribution is -2.68. The molecule has 21 nitrogen and oxygen atoms in total. The van der Waals surface area contributed by atoms with Crippen molar-refractivity contribution in [1.82, 2.24) is 20.9 Å². The fourth-order valence-electron chi connectivity index (χ4n) is 8.71. The summed E-state index contributed by atoms with van der Waals surface area (Å²) in [6, 6.07) is 2.65. The van der Waals surface area contributed by atoms with E-state index in [9.17, 15) is 49.8 Å². The highest BCUT2D eigenvalue weighted by molar-refractivity contribution is 6.31. The number of nitrogens with one attached hydrogen (secondary N) is 3. The monoisotopic (exact) mass is 900 g/mol. The molecule has 1 aliphatic carbocycles. The van der Waals surface area contributed by atoms with Crippen molar-refractivity contribution < 1.29 is 64.0 Å². The van der Waals surface area contributed by atoms with Gasteiger partial charge in [-0.1, -0.05) is 12.2 Å². The molecular formula is C44H52N8O13. The number of carbonyl (C=O) groups is 4. The van der Waals surface area contributed by atoms with E-state index in [0.717, 1.165) is 28.7 Å². The van der Waals surface area contributed by atoms with E-state index in [1.807, 2.05) is 6.08 Å². The number of aliphatic hydroxyl groups excluding tert-OH is 4. The minimum absolute atomic E-state index is 0.0307. The lowest BCUT2D eigenvalue weighted by atomic mass is 9.75. The Kier molecular flexibility index (Phi) is 13.5. The smallest absolute Gasteiger partial charge is 0.253 e. The first-order valence-corrected chi connectivity index (χ1v) is 20.7. The molecule has 0 saturated carbocycles. The molecule has 4 aliphatic heterocycles. The molecule has 1 saturated heterocycles. The van der Waals surface area contributed by atoms with Gasteiger partial charge in [0.1, 0.15) is 41.2 Å². The molecule has 0 aromatic heterocycles. The molecule has 0 radical (unpaired) electrons. The van der Waals surface area contributed by atoms with E-state index in [4.69, 9.17) is 31.4 Å². The molecule has 65 heavy (non-hydrogen) atoms. The molecule has 15 N–H and O–H groups in total. The summed E-state index contributed by atoms with van der Waals surface area (Å²) in [7, 11) is 2.70. The van der Waals surface area contributed by atoms with Crippen LogP contribution < -0.4 is 42.6 Å². The van der Waals surface area contributed by atoms with Gasteiger partial charge in [-0.05, 0) is 54.2 Å². The molecule has 4 heterocycles. The van der Waals surface area contributed by atoms with Gasteiger partial charge in [0.15, 0.2) is 11.7 Å². The molecule has 21 heteroatoms. The first-order valence-electron chi connectivity index (χ1n) is 20.7. The van der Waals surface area contributed by atoms with Crippen LogP contribution in [0.15, 0.2) is 76.7 Å². The number of phenolic OH excluding ortho intramolecular Hbond substituents is 1. The molecule has 2 aromatic carbocycles. The third kappa shape index (κ3) is 8.81. The van der Waals surface area contributed by atoms with Crippen molar-refractivity contribution in [1.29, 1.82) is 0 Å². The van der Waals surface area contributed by atoms with Gasteiger partial charge in [0, 0.05) is 79.3 Å². The number of allylic oxidation sites excluding steroid dienone is 3. The summed E-state index contributed by atoms with van der Waals surface area (Å²) in [5.74, 6) is -4.67. The van der Waals surface area contributed by atoms with Gasteiger partial charge in [-0.15, -0.1) is 0 Å². The standard InChI is InChI=1S/C44H52N8O13/c1-48-43(47)51-16-25-22(5-3-20-4-6-30(45)50-15-20)11-24-35(38(25)58)39(59)36-28(13-27(63-2)26(18-53)34(36)37(24)57)64-42-40(60)41(61)44(62,29(19-54)65-42)14-23(21-9-10-49-31(46)12-21)17-52-32(55)7-8-33(52)56/h4,6-9,11-13,15,23,29-30,40-42,49-50,53-54,58,60-62H,3,5,10,14,16-19,45-46H2,1-2H3,(H3,47,48,51)/t23-,29-,30?,40-,41-,42-,44-/m1/s1. The summed E-state index contributed by atoms with van der Waals surface area (Å²) < 4.78 is 17.6. The number of phenols is 1. The highest BCUT2D eigenvalue weighted by Crippen LogP contribution is 2.46. The van der Waals surface area contributed by atoms with Crippen LogP contribution in [-0.2, 0) is 33.9 Å². The van der Waals surface area contributed by atoms with Crippen molar-refractivity contribution in [3.05, 3.63) is 111 Å². The number of hydrogen-bond donors (Lipinski definition) is 12. The number of carbonyl (C=O) groups excluding carboxylic acids is 4. The molecule has 2 amide bonds. The zero-order valence-electron chi connectivity index (χ0n) is 35.5. The van der Waals surface area contributed by atoms with Crippen LogP contribution in [0.25, 0.3) is 0 Å². The summed E-state index contributed by atoms with van der Waals surface area (Å²) in [5.41, 5.74) is 16.0. The second-order valence-electron chi connectivity index (χ2n) is 16.1. The van der Waals surface area contributed by atoms with Crippen LogP contribution in [0.4, 0.5) is 0 Å². The lowest BCUT2D eigenvalue weighted by Gasteiger charge is -2.49. The maximum absolute atomic E-state index is 14.8. The molecule has 5 aliphatic rings. The summed E-state index contributed by atoms with van der Waals surface area (Å²) in [4.78, 5) is 59.6. The molecule has 7 rings (SSSR count). The number of benzene rings is 2. The van der Waals surface area contributed by atoms with E-state index in [-0.39, 0.29) is 72.0 Å². The summed E-state index contributed by atoms with van der Waals surface area (Å²) in [6.07, 6.45) is 2.71. The van der Waals surface area contributed by atoms with Crippen LogP contribution in [-0.4, -0.2) is 135 Å². The second-order valence-corrected chi connectivity index (χ2v) is 16.1. The normalized spacial score (nSPS) is 25.5. The van der Waals surface area contributed by atoms with E-state index < -0.39 is 102 Å². The highest BCUT2D eigenvalue weighted by atomic mass is 16.7. The number of ketones is 2. The number of methoxy groups -OCH3 is 1. The number of hydrogen-bond acceptors (Lipinski definition) is 18. The van der Waals surface area contributed by atoms with E-state index in [1.54, 1.807) is 18.4 Å². The molecule has 1 fully saturated rings. The number of aromatic hydroxyl groups is 1.